The molecular weight excluding hydrogens is 221 g/mol. The van der Waals surface area contributed by atoms with Gasteiger partial charge in [0.25, 0.3) is 11.4 Å². The van der Waals surface area contributed by atoms with E-state index < -0.39 is 15.7 Å². The van der Waals surface area contributed by atoms with Crippen LogP contribution in [0.2, 0.25) is 0 Å². The maximum Gasteiger partial charge on any atom is 1.00 e. The maximum atomic E-state index is 8.67. The van der Waals surface area contributed by atoms with E-state index in [2.05, 4.69) is 0 Å². The van der Waals surface area contributed by atoms with Crippen LogP contribution in [0, 0.1) is 0 Å². The monoisotopic (exact) mass is 224 g/mol. The Bertz CT molecular complexity index is 68.0. The van der Waals surface area contributed by atoms with Crippen molar-refractivity contribution in [2.45, 2.75) is 4.30 Å². The number of hydrogen-bond donors (Lipinski definition) is 2. The molecule has 0 saturated carbocycles. The van der Waals surface area contributed by atoms with Crippen molar-refractivity contribution in [2.24, 2.45) is 0 Å². The van der Waals surface area contributed by atoms with Crippen LogP contribution in [0.1, 0.15) is 1.43 Å². The summed E-state index contributed by atoms with van der Waals surface area (Å²) in [7, 11) is 0. The molecule has 8 heteroatoms. The van der Waals surface area contributed by atoms with Gasteiger partial charge in [-0.1, -0.05) is 34.8 Å². The van der Waals surface area contributed by atoms with Crippen LogP contribution in [0.3, 0.4) is 0 Å². The van der Waals surface area contributed by atoms with Gasteiger partial charge in [-0.3, -0.25) is 9.11 Å². The second-order valence-electron chi connectivity index (χ2n) is 0.478. The van der Waals surface area contributed by atoms with E-state index in [1.54, 1.807) is 0 Å². The Morgan fingerprint density at radius 3 is 1.33 bits per heavy atom. The van der Waals surface area contributed by atoms with E-state index >= 15 is 0 Å². The second-order valence-corrected chi connectivity index (χ2v) is 2.92. The smallest absolute Gasteiger partial charge is 1.00 e. The molecule has 0 spiro atoms. The van der Waals surface area contributed by atoms with Crippen LogP contribution in [0.25, 0.3) is 0 Å². The van der Waals surface area contributed by atoms with Crippen LogP contribution < -0.4 is 29.6 Å². The number of alkyl halides is 3. The summed E-state index contributed by atoms with van der Waals surface area (Å²) < 4.78 is 22.1. The van der Waals surface area contributed by atoms with Gasteiger partial charge in [0.05, 0.1) is 0 Å². The molecule has 0 unspecified atom stereocenters. The number of halogens is 3. The van der Waals surface area contributed by atoms with Crippen molar-refractivity contribution in [1.29, 1.82) is 0 Å². The molecule has 9 heavy (non-hydrogen) atoms. The normalized spacial score (nSPS) is 7.89. The molecule has 0 fully saturated rings. The standard InChI is InChI=1S/CHCl3.Na.H2O3S.H/c2-1(3)4;;1-4(2)3;/h1H;;(H2,1,2,3);/q;+1;;-1. The fourth-order valence-corrected chi connectivity index (χ4v) is 0. The van der Waals surface area contributed by atoms with Gasteiger partial charge in [-0.2, -0.15) is 4.21 Å². The van der Waals surface area contributed by atoms with E-state index in [-0.39, 0.29) is 31.0 Å². The first-order chi connectivity index (χ1) is 3.46. The van der Waals surface area contributed by atoms with Gasteiger partial charge in [0, 0.05) is 0 Å². The fourth-order valence-electron chi connectivity index (χ4n) is 0. The first-order valence-electron chi connectivity index (χ1n) is 1.19. The Labute approximate surface area is 93.9 Å². The molecule has 0 heterocycles. The topological polar surface area (TPSA) is 57.5 Å². The molecule has 0 aliphatic rings. The van der Waals surface area contributed by atoms with Gasteiger partial charge in [-0.15, -0.1) is 0 Å². The van der Waals surface area contributed by atoms with E-state index in [4.69, 9.17) is 48.1 Å². The van der Waals surface area contributed by atoms with Crippen molar-refractivity contribution >= 4 is 46.2 Å². The summed E-state index contributed by atoms with van der Waals surface area (Å²) in [6, 6.07) is 0. The van der Waals surface area contributed by atoms with Crippen molar-refractivity contribution < 1.29 is 44.3 Å². The summed E-state index contributed by atoms with van der Waals surface area (Å²) in [4.78, 5) is 0. The number of rotatable bonds is 0. The Kier molecular flexibility index (Phi) is 24.0. The quantitative estimate of drug-likeness (QED) is 0.309. The maximum absolute atomic E-state index is 8.67. The van der Waals surface area contributed by atoms with Gasteiger partial charge in [0.2, 0.25) is 0 Å². The van der Waals surface area contributed by atoms with Crippen LogP contribution in [-0.2, 0) is 11.4 Å². The minimum atomic E-state index is -2.61. The second kappa shape index (κ2) is 12.6. The summed E-state index contributed by atoms with van der Waals surface area (Å²) in [5.41, 5.74) is 0. The minimum Gasteiger partial charge on any atom is -1.00 e. The Morgan fingerprint density at radius 1 is 1.33 bits per heavy atom. The van der Waals surface area contributed by atoms with Crippen LogP contribution >= 0.6 is 34.8 Å². The van der Waals surface area contributed by atoms with Gasteiger partial charge in [-0.25, -0.2) is 0 Å². The molecule has 0 radical (unpaired) electrons. The zero-order valence-corrected chi connectivity index (χ0v) is 9.51. The average molecular weight is 225 g/mol. The van der Waals surface area contributed by atoms with Crippen LogP contribution in [0.15, 0.2) is 0 Å². The third-order valence-corrected chi connectivity index (χ3v) is 0. The summed E-state index contributed by atoms with van der Waals surface area (Å²) in [6.45, 7) is 0. The average Bonchev–Trinajstić information content (AvgIpc) is 1.25. The van der Waals surface area contributed by atoms with E-state index in [0.29, 0.717) is 0 Å². The molecule has 0 bridgehead atoms. The van der Waals surface area contributed by atoms with Crippen LogP contribution in [-0.4, -0.2) is 17.6 Å². The third-order valence-electron chi connectivity index (χ3n) is 0. The van der Waals surface area contributed by atoms with E-state index in [9.17, 15) is 0 Å². The van der Waals surface area contributed by atoms with E-state index in [1.165, 1.54) is 0 Å². The molecule has 54 valence electrons. The molecule has 0 aliphatic heterocycles. The molecule has 0 aliphatic carbocycles. The van der Waals surface area contributed by atoms with Crippen molar-refractivity contribution in [3.05, 3.63) is 0 Å². The fraction of sp³-hybridized carbons (Fsp3) is 1.00. The Hall–Kier alpha value is 1.94. The molecule has 0 aromatic carbocycles. The van der Waals surface area contributed by atoms with E-state index in [1.807, 2.05) is 0 Å². The summed E-state index contributed by atoms with van der Waals surface area (Å²) in [6.07, 6.45) is 0. The van der Waals surface area contributed by atoms with Crippen molar-refractivity contribution in [1.82, 2.24) is 0 Å². The van der Waals surface area contributed by atoms with Gasteiger partial charge in [0.15, 0.2) is 4.30 Å². The van der Waals surface area contributed by atoms with Gasteiger partial charge < -0.3 is 1.43 Å². The summed E-state index contributed by atoms with van der Waals surface area (Å²) >= 11 is 11.8. The Morgan fingerprint density at radius 2 is 1.33 bits per heavy atom. The molecule has 0 rings (SSSR count). The molecular formula is CH4Cl3NaO3S. The third kappa shape index (κ3) is 167. The molecule has 2 N–H and O–H groups in total. The molecule has 3 nitrogen and oxygen atoms in total. The van der Waals surface area contributed by atoms with Crippen molar-refractivity contribution in [3.8, 4) is 0 Å². The molecule has 0 saturated heterocycles. The summed E-state index contributed by atoms with van der Waals surface area (Å²) in [5.74, 6) is 0. The van der Waals surface area contributed by atoms with Crippen molar-refractivity contribution in [2.75, 3.05) is 0 Å². The van der Waals surface area contributed by atoms with Gasteiger partial charge >= 0.3 is 29.6 Å². The zero-order valence-electron chi connectivity index (χ0n) is 5.42. The molecule has 0 atom stereocenters. The van der Waals surface area contributed by atoms with Gasteiger partial charge in [-0.05, 0) is 0 Å². The Balaban J connectivity index is -0.0000000300. The predicted molar refractivity (Wildman–Crippen MR) is 35.9 cm³/mol. The summed E-state index contributed by atoms with van der Waals surface area (Å²) in [5, 5.41) is 0. The zero-order chi connectivity index (χ0) is 7.15. The van der Waals surface area contributed by atoms with Crippen molar-refractivity contribution in [3.63, 3.8) is 0 Å². The van der Waals surface area contributed by atoms with Crippen LogP contribution in [0.4, 0.5) is 0 Å². The molecule has 0 aromatic rings. The molecule has 0 amide bonds. The van der Waals surface area contributed by atoms with Crippen LogP contribution in [0.5, 0.6) is 0 Å². The largest absolute Gasteiger partial charge is 1.00 e. The first kappa shape index (κ1) is 17.1. The predicted octanol–water partition coefficient (Wildman–Crippen LogP) is -1.22. The first-order valence-corrected chi connectivity index (χ1v) is 3.56. The van der Waals surface area contributed by atoms with E-state index in [0.717, 1.165) is 0 Å². The molecule has 0 aromatic heterocycles. The number of hydrogen-bond acceptors (Lipinski definition) is 1. The SMILES string of the molecule is ClC(Cl)Cl.O=S(O)O.[H-].[Na+]. The van der Waals surface area contributed by atoms with Gasteiger partial charge in [0.1, 0.15) is 0 Å². The minimum absolute atomic E-state index is 0.